The first-order valence-corrected chi connectivity index (χ1v) is 8.29. The average molecular weight is 332 g/mol. The third-order valence-corrected chi connectivity index (χ3v) is 4.44. The minimum atomic E-state index is -0.406. The highest BCUT2D eigenvalue weighted by atomic mass is 16.5. The monoisotopic (exact) mass is 332 g/mol. The van der Waals surface area contributed by atoms with Crippen molar-refractivity contribution in [3.8, 4) is 5.75 Å². The second-order valence-corrected chi connectivity index (χ2v) is 6.07. The molecule has 6 heteroatoms. The highest BCUT2D eigenvalue weighted by molar-refractivity contribution is 5.96. The molecule has 0 N–H and O–H groups in total. The summed E-state index contributed by atoms with van der Waals surface area (Å²) in [7, 11) is 3.74. The van der Waals surface area contributed by atoms with Crippen molar-refractivity contribution >= 4 is 16.9 Å². The van der Waals surface area contributed by atoms with Crippen LogP contribution in [-0.2, 0) is 11.3 Å². The van der Waals surface area contributed by atoms with E-state index in [1.54, 1.807) is 14.0 Å². The zero-order valence-electron chi connectivity index (χ0n) is 14.5. The van der Waals surface area contributed by atoms with Gasteiger partial charge in [-0.1, -0.05) is 0 Å². The molecular formula is C18H24N2O4. The van der Waals surface area contributed by atoms with E-state index < -0.39 is 5.97 Å². The number of hydrogen-bond donors (Lipinski definition) is 0. The van der Waals surface area contributed by atoms with Crippen molar-refractivity contribution in [3.05, 3.63) is 29.5 Å². The van der Waals surface area contributed by atoms with Gasteiger partial charge < -0.3 is 18.8 Å². The lowest BCUT2D eigenvalue weighted by molar-refractivity contribution is 0.0488. The maximum atomic E-state index is 12.3. The van der Waals surface area contributed by atoms with Gasteiger partial charge in [0.25, 0.3) is 0 Å². The van der Waals surface area contributed by atoms with Crippen LogP contribution in [0.4, 0.5) is 0 Å². The molecule has 2 aromatic rings. The second-order valence-electron chi connectivity index (χ2n) is 6.07. The van der Waals surface area contributed by atoms with Crippen LogP contribution in [0.1, 0.15) is 23.0 Å². The van der Waals surface area contributed by atoms with Crippen molar-refractivity contribution in [2.24, 2.45) is 0 Å². The zero-order valence-corrected chi connectivity index (χ0v) is 14.5. The molecule has 0 unspecified atom stereocenters. The molecule has 1 fully saturated rings. The fourth-order valence-corrected chi connectivity index (χ4v) is 3.01. The van der Waals surface area contributed by atoms with Crippen molar-refractivity contribution in [1.29, 1.82) is 0 Å². The highest BCUT2D eigenvalue weighted by Gasteiger charge is 2.25. The molecule has 1 aliphatic rings. The number of hydrogen-bond acceptors (Lipinski definition) is 6. The lowest BCUT2D eigenvalue weighted by atomic mass is 10.1. The summed E-state index contributed by atoms with van der Waals surface area (Å²) in [6.45, 7) is 6.80. The number of carbonyl (C=O) groups is 1. The van der Waals surface area contributed by atoms with Crippen molar-refractivity contribution < 1.29 is 18.7 Å². The summed E-state index contributed by atoms with van der Waals surface area (Å²) in [5.74, 6) is 0.605. The van der Waals surface area contributed by atoms with Crippen LogP contribution in [0.25, 0.3) is 11.0 Å². The number of rotatable bonds is 5. The Kier molecular flexibility index (Phi) is 5.06. The molecule has 0 aliphatic carbocycles. The lowest BCUT2D eigenvalue weighted by Gasteiger charge is -2.32. The Labute approximate surface area is 141 Å². The van der Waals surface area contributed by atoms with Crippen molar-refractivity contribution in [1.82, 2.24) is 9.80 Å². The van der Waals surface area contributed by atoms with Gasteiger partial charge in [0.2, 0.25) is 5.76 Å². The van der Waals surface area contributed by atoms with Crippen LogP contribution < -0.4 is 4.74 Å². The molecule has 1 aromatic carbocycles. The molecule has 1 aromatic heterocycles. The molecular weight excluding hydrogens is 308 g/mol. The number of piperazine rings is 1. The van der Waals surface area contributed by atoms with E-state index in [1.165, 1.54) is 0 Å². The van der Waals surface area contributed by atoms with Gasteiger partial charge in [0.1, 0.15) is 11.3 Å². The van der Waals surface area contributed by atoms with Gasteiger partial charge >= 0.3 is 5.97 Å². The minimum absolute atomic E-state index is 0.305. The maximum absolute atomic E-state index is 12.3. The zero-order chi connectivity index (χ0) is 17.1. The molecule has 3 rings (SSSR count). The number of methoxy groups -OCH3 is 1. The van der Waals surface area contributed by atoms with Crippen molar-refractivity contribution in [2.75, 3.05) is 46.9 Å². The maximum Gasteiger partial charge on any atom is 0.374 e. The number of fused-ring (bicyclic) bond motifs is 1. The first kappa shape index (κ1) is 16.8. The number of furan rings is 1. The van der Waals surface area contributed by atoms with E-state index in [4.69, 9.17) is 13.9 Å². The van der Waals surface area contributed by atoms with Crippen LogP contribution >= 0.6 is 0 Å². The Morgan fingerprint density at radius 1 is 1.25 bits per heavy atom. The van der Waals surface area contributed by atoms with E-state index in [0.717, 1.165) is 37.1 Å². The number of esters is 1. The van der Waals surface area contributed by atoms with Crippen LogP contribution in [0, 0.1) is 0 Å². The van der Waals surface area contributed by atoms with E-state index in [-0.39, 0.29) is 0 Å². The van der Waals surface area contributed by atoms with E-state index >= 15 is 0 Å². The first-order valence-electron chi connectivity index (χ1n) is 8.29. The predicted octanol–water partition coefficient (Wildman–Crippen LogP) is 2.37. The third-order valence-electron chi connectivity index (χ3n) is 4.44. The van der Waals surface area contributed by atoms with Gasteiger partial charge in [-0.15, -0.1) is 0 Å². The van der Waals surface area contributed by atoms with Crippen LogP contribution in [0.3, 0.4) is 0 Å². The molecule has 6 nitrogen and oxygen atoms in total. The molecule has 0 radical (unpaired) electrons. The van der Waals surface area contributed by atoms with Crippen LogP contribution in [0.2, 0.25) is 0 Å². The number of ether oxygens (including phenoxy) is 2. The SMILES string of the molecule is CCOC(=O)c1oc2cc(OC)ccc2c1CN1CCN(C)CC1. The molecule has 0 bridgehead atoms. The van der Waals surface area contributed by atoms with E-state index in [2.05, 4.69) is 16.8 Å². The topological polar surface area (TPSA) is 55.2 Å². The second kappa shape index (κ2) is 7.23. The average Bonchev–Trinajstić information content (AvgIpc) is 2.95. The number of carbonyl (C=O) groups excluding carboxylic acids is 1. The van der Waals surface area contributed by atoms with Gasteiger partial charge in [-0.2, -0.15) is 0 Å². The molecule has 0 saturated carbocycles. The Bertz CT molecular complexity index is 717. The molecule has 130 valence electrons. The van der Waals surface area contributed by atoms with E-state index in [9.17, 15) is 4.79 Å². The Morgan fingerprint density at radius 3 is 2.67 bits per heavy atom. The summed E-state index contributed by atoms with van der Waals surface area (Å²) in [5, 5.41) is 0.942. The van der Waals surface area contributed by atoms with Crippen LogP contribution in [0.15, 0.2) is 22.6 Å². The summed E-state index contributed by atoms with van der Waals surface area (Å²) in [6.07, 6.45) is 0. The standard InChI is InChI=1S/C18H24N2O4/c1-4-23-18(21)17-15(12-20-9-7-19(2)8-10-20)14-6-5-13(22-3)11-16(14)24-17/h5-6,11H,4,7-10,12H2,1-3H3. The number of likely N-dealkylation sites (N-methyl/N-ethyl adjacent to an activating group) is 1. The van der Waals surface area contributed by atoms with E-state index in [1.807, 2.05) is 18.2 Å². The summed E-state index contributed by atoms with van der Waals surface area (Å²) in [4.78, 5) is 17.0. The normalized spacial score (nSPS) is 16.5. The third kappa shape index (κ3) is 3.39. The van der Waals surface area contributed by atoms with Gasteiger partial charge in [-0.3, -0.25) is 4.90 Å². The molecule has 24 heavy (non-hydrogen) atoms. The van der Waals surface area contributed by atoms with Crippen LogP contribution in [-0.4, -0.2) is 62.7 Å². The van der Waals surface area contributed by atoms with Crippen molar-refractivity contribution in [3.63, 3.8) is 0 Å². The lowest BCUT2D eigenvalue weighted by Crippen LogP contribution is -2.44. The molecule has 0 amide bonds. The fraction of sp³-hybridized carbons (Fsp3) is 0.500. The summed E-state index contributed by atoms with van der Waals surface area (Å²) in [5.41, 5.74) is 1.55. The largest absolute Gasteiger partial charge is 0.497 e. The summed E-state index contributed by atoms with van der Waals surface area (Å²) >= 11 is 0. The van der Waals surface area contributed by atoms with Gasteiger partial charge in [0, 0.05) is 49.7 Å². The highest BCUT2D eigenvalue weighted by Crippen LogP contribution is 2.31. The predicted molar refractivity (Wildman–Crippen MR) is 91.5 cm³/mol. The van der Waals surface area contributed by atoms with E-state index in [0.29, 0.717) is 30.2 Å². The number of benzene rings is 1. The summed E-state index contributed by atoms with van der Waals surface area (Å²) < 4.78 is 16.2. The molecule has 2 heterocycles. The first-order chi connectivity index (χ1) is 11.6. The molecule has 1 aliphatic heterocycles. The molecule has 0 atom stereocenters. The molecule has 0 spiro atoms. The van der Waals surface area contributed by atoms with Crippen LogP contribution in [0.5, 0.6) is 5.75 Å². The fourth-order valence-electron chi connectivity index (χ4n) is 3.01. The van der Waals surface area contributed by atoms with Gasteiger partial charge in [0.15, 0.2) is 0 Å². The quantitative estimate of drug-likeness (QED) is 0.784. The Morgan fingerprint density at radius 2 is 2.00 bits per heavy atom. The Balaban J connectivity index is 1.95. The van der Waals surface area contributed by atoms with Gasteiger partial charge in [-0.05, 0) is 26.1 Å². The summed E-state index contributed by atoms with van der Waals surface area (Å²) in [6, 6.07) is 5.65. The minimum Gasteiger partial charge on any atom is -0.497 e. The van der Waals surface area contributed by atoms with Gasteiger partial charge in [-0.25, -0.2) is 4.79 Å². The Hall–Kier alpha value is -2.05. The van der Waals surface area contributed by atoms with Crippen molar-refractivity contribution in [2.45, 2.75) is 13.5 Å². The number of nitrogens with zero attached hydrogens (tertiary/aromatic N) is 2. The smallest absolute Gasteiger partial charge is 0.374 e. The van der Waals surface area contributed by atoms with Gasteiger partial charge in [0.05, 0.1) is 13.7 Å². The molecule has 1 saturated heterocycles.